The first-order valence-electron chi connectivity index (χ1n) is 5.75. The predicted octanol–water partition coefficient (Wildman–Crippen LogP) is 2.45. The summed E-state index contributed by atoms with van der Waals surface area (Å²) in [6.07, 6.45) is 3.73. The average Bonchev–Trinajstić information content (AvgIpc) is 2.36. The van der Waals surface area contributed by atoms with E-state index in [1.807, 2.05) is 0 Å². The Hall–Kier alpha value is -1.11. The van der Waals surface area contributed by atoms with Crippen LogP contribution in [0.15, 0.2) is 29.2 Å². The Kier molecular flexibility index (Phi) is 8.38. The third-order valence-electron chi connectivity index (χ3n) is 2.17. The van der Waals surface area contributed by atoms with Crippen molar-refractivity contribution in [3.05, 3.63) is 29.8 Å². The van der Waals surface area contributed by atoms with Crippen molar-refractivity contribution in [3.63, 3.8) is 0 Å². The van der Waals surface area contributed by atoms with Gasteiger partial charge in [-0.05, 0) is 30.7 Å². The molecule has 0 atom stereocenters. The smallest absolute Gasteiger partial charge is 0.335 e. The van der Waals surface area contributed by atoms with Gasteiger partial charge in [-0.25, -0.2) is 18.4 Å². The van der Waals surface area contributed by atoms with E-state index in [1.54, 1.807) is 0 Å². The molecule has 1 aromatic carbocycles. The molecule has 7 heteroatoms. The van der Waals surface area contributed by atoms with Gasteiger partial charge in [-0.3, -0.25) is 0 Å². The fraction of sp³-hybridized carbons (Fsp3) is 0.417. The molecule has 0 aromatic heterocycles. The summed E-state index contributed by atoms with van der Waals surface area (Å²) in [5, 5.41) is 13.3. The van der Waals surface area contributed by atoms with Gasteiger partial charge in [-0.15, -0.1) is 11.6 Å². The normalized spacial score (nSPS) is 10.5. The van der Waals surface area contributed by atoms with Crippen LogP contribution < -0.4 is 5.14 Å². The lowest BCUT2D eigenvalue weighted by Gasteiger charge is -1.97. The summed E-state index contributed by atoms with van der Waals surface area (Å²) in [7, 11) is -3.74. The standard InChI is InChI=1S/C7H7NO4S.C5H11Cl/c8-13(11,12)6-3-1-5(2-4-6)7(9)10;1-2-3-4-5-6/h1-4H,(H,9,10)(H2,8,11,12);2-5H2,1H3. The molecule has 0 aliphatic carbocycles. The molecule has 0 amide bonds. The first-order chi connectivity index (χ1) is 8.82. The van der Waals surface area contributed by atoms with Crippen molar-refractivity contribution in [1.29, 1.82) is 0 Å². The lowest BCUT2D eigenvalue weighted by Crippen LogP contribution is -2.12. The predicted molar refractivity (Wildman–Crippen MR) is 75.0 cm³/mol. The number of halogens is 1. The van der Waals surface area contributed by atoms with Crippen LogP contribution in [0.1, 0.15) is 36.5 Å². The van der Waals surface area contributed by atoms with Gasteiger partial charge < -0.3 is 5.11 Å². The van der Waals surface area contributed by atoms with Crippen LogP contribution in [0.25, 0.3) is 0 Å². The van der Waals surface area contributed by atoms with Gasteiger partial charge in [0, 0.05) is 5.88 Å². The molecule has 0 aliphatic rings. The first-order valence-corrected chi connectivity index (χ1v) is 7.83. The van der Waals surface area contributed by atoms with Gasteiger partial charge >= 0.3 is 5.97 Å². The van der Waals surface area contributed by atoms with Crippen molar-refractivity contribution in [2.24, 2.45) is 5.14 Å². The van der Waals surface area contributed by atoms with Gasteiger partial charge in [0.25, 0.3) is 0 Å². The Labute approximate surface area is 118 Å². The Morgan fingerprint density at radius 3 is 2.05 bits per heavy atom. The Balaban J connectivity index is 0.000000459. The van der Waals surface area contributed by atoms with Gasteiger partial charge in [0.1, 0.15) is 0 Å². The van der Waals surface area contributed by atoms with Crippen LogP contribution >= 0.6 is 11.6 Å². The Morgan fingerprint density at radius 1 is 1.26 bits per heavy atom. The van der Waals surface area contributed by atoms with E-state index < -0.39 is 16.0 Å². The molecular weight excluding hydrogens is 290 g/mol. The fourth-order valence-corrected chi connectivity index (χ4v) is 1.84. The van der Waals surface area contributed by atoms with Crippen molar-refractivity contribution in [2.75, 3.05) is 5.88 Å². The third-order valence-corrected chi connectivity index (χ3v) is 3.36. The summed E-state index contributed by atoms with van der Waals surface area (Å²) in [5.41, 5.74) is 0.0207. The van der Waals surface area contributed by atoms with Crippen LogP contribution in [-0.2, 0) is 10.0 Å². The molecule has 0 saturated heterocycles. The average molecular weight is 308 g/mol. The number of rotatable bonds is 5. The lowest BCUT2D eigenvalue weighted by atomic mass is 10.2. The SMILES string of the molecule is CCCCCCl.NS(=O)(=O)c1ccc(C(=O)O)cc1. The number of nitrogens with two attached hydrogens (primary N) is 1. The highest BCUT2D eigenvalue weighted by atomic mass is 35.5. The number of primary sulfonamides is 1. The fourth-order valence-electron chi connectivity index (χ4n) is 1.13. The number of carbonyl (C=O) groups is 1. The largest absolute Gasteiger partial charge is 0.478 e. The number of carboxylic acids is 1. The lowest BCUT2D eigenvalue weighted by molar-refractivity contribution is 0.0696. The molecule has 0 aliphatic heterocycles. The maximum Gasteiger partial charge on any atom is 0.335 e. The maximum absolute atomic E-state index is 10.7. The van der Waals surface area contributed by atoms with Gasteiger partial charge in [0.05, 0.1) is 10.5 Å². The third kappa shape index (κ3) is 7.81. The zero-order valence-corrected chi connectivity index (χ0v) is 12.2. The summed E-state index contributed by atoms with van der Waals surface area (Å²) in [5.74, 6) is -0.283. The number of benzene rings is 1. The van der Waals surface area contributed by atoms with Crippen LogP contribution in [0, 0.1) is 0 Å². The minimum Gasteiger partial charge on any atom is -0.478 e. The number of unbranched alkanes of at least 4 members (excludes halogenated alkanes) is 2. The number of aromatic carboxylic acids is 1. The van der Waals surface area contributed by atoms with Crippen LogP contribution in [0.3, 0.4) is 0 Å². The summed E-state index contributed by atoms with van der Waals surface area (Å²) in [6.45, 7) is 2.17. The van der Waals surface area contributed by atoms with Crippen LogP contribution in [0.4, 0.5) is 0 Å². The summed E-state index contributed by atoms with van der Waals surface area (Å²) in [4.78, 5) is 10.3. The van der Waals surface area contributed by atoms with E-state index in [4.69, 9.17) is 21.8 Å². The minimum atomic E-state index is -3.74. The van der Waals surface area contributed by atoms with E-state index in [1.165, 1.54) is 31.4 Å². The van der Waals surface area contributed by atoms with Gasteiger partial charge in [-0.2, -0.15) is 0 Å². The summed E-state index contributed by atoms with van der Waals surface area (Å²) < 4.78 is 21.5. The van der Waals surface area contributed by atoms with Crippen molar-refractivity contribution in [2.45, 2.75) is 31.1 Å². The van der Waals surface area contributed by atoms with E-state index in [-0.39, 0.29) is 10.5 Å². The number of sulfonamides is 1. The van der Waals surface area contributed by atoms with Gasteiger partial charge in [-0.1, -0.05) is 19.8 Å². The molecule has 0 fully saturated rings. The quantitative estimate of drug-likeness (QED) is 0.645. The van der Waals surface area contributed by atoms with Crippen molar-refractivity contribution in [3.8, 4) is 0 Å². The molecule has 0 unspecified atom stereocenters. The molecule has 1 rings (SSSR count). The van der Waals surface area contributed by atoms with Crippen molar-refractivity contribution >= 4 is 27.6 Å². The molecule has 0 spiro atoms. The molecule has 108 valence electrons. The van der Waals surface area contributed by atoms with Gasteiger partial charge in [0.15, 0.2) is 0 Å². The number of carboxylic acid groups (broad SMARTS) is 1. The highest BCUT2D eigenvalue weighted by Crippen LogP contribution is 2.08. The zero-order chi connectivity index (χ0) is 14.9. The van der Waals surface area contributed by atoms with E-state index in [0.717, 1.165) is 18.0 Å². The molecule has 3 N–H and O–H groups in total. The molecule has 0 saturated carbocycles. The van der Waals surface area contributed by atoms with Gasteiger partial charge in [0.2, 0.25) is 10.0 Å². The number of hydrogen-bond donors (Lipinski definition) is 2. The van der Waals surface area contributed by atoms with Crippen LogP contribution in [0.5, 0.6) is 0 Å². The molecular formula is C12H18ClNO4S. The maximum atomic E-state index is 10.7. The minimum absolute atomic E-state index is 0.0207. The van der Waals surface area contributed by atoms with E-state index in [0.29, 0.717) is 0 Å². The van der Waals surface area contributed by atoms with Crippen molar-refractivity contribution < 1.29 is 18.3 Å². The van der Waals surface area contributed by atoms with Crippen molar-refractivity contribution in [1.82, 2.24) is 0 Å². The first kappa shape index (κ1) is 17.9. The highest BCUT2D eigenvalue weighted by molar-refractivity contribution is 7.89. The zero-order valence-electron chi connectivity index (χ0n) is 10.7. The molecule has 5 nitrogen and oxygen atoms in total. The molecule has 0 radical (unpaired) electrons. The van der Waals surface area contributed by atoms with Crippen LogP contribution in [-0.4, -0.2) is 25.4 Å². The highest BCUT2D eigenvalue weighted by Gasteiger charge is 2.08. The number of alkyl halides is 1. The van der Waals surface area contributed by atoms with E-state index in [2.05, 4.69) is 6.92 Å². The molecule has 19 heavy (non-hydrogen) atoms. The Bertz CT molecular complexity index is 481. The van der Waals surface area contributed by atoms with Crippen LogP contribution in [0.2, 0.25) is 0 Å². The van der Waals surface area contributed by atoms with E-state index >= 15 is 0 Å². The molecule has 1 aromatic rings. The number of hydrogen-bond acceptors (Lipinski definition) is 3. The Morgan fingerprint density at radius 2 is 1.79 bits per heavy atom. The molecule has 0 heterocycles. The topological polar surface area (TPSA) is 97.5 Å². The summed E-state index contributed by atoms with van der Waals surface area (Å²) >= 11 is 5.38. The monoisotopic (exact) mass is 307 g/mol. The second kappa shape index (κ2) is 8.90. The summed E-state index contributed by atoms with van der Waals surface area (Å²) in [6, 6.07) is 4.67. The van der Waals surface area contributed by atoms with E-state index in [9.17, 15) is 13.2 Å². The second-order valence-electron chi connectivity index (χ2n) is 3.77. The molecule has 0 bridgehead atoms. The second-order valence-corrected chi connectivity index (χ2v) is 5.71.